The van der Waals surface area contributed by atoms with Gasteiger partial charge in [0.15, 0.2) is 0 Å². The molecule has 1 unspecified atom stereocenters. The largest absolute Gasteiger partial charge is 0.469 e. The second-order valence-corrected chi connectivity index (χ2v) is 4.93. The number of nitrogens with one attached hydrogen (secondary N) is 1. The first-order valence-electron chi connectivity index (χ1n) is 6.83. The van der Waals surface area contributed by atoms with Gasteiger partial charge in [0.05, 0.1) is 20.1 Å². The van der Waals surface area contributed by atoms with E-state index < -0.39 is 23.6 Å². The summed E-state index contributed by atoms with van der Waals surface area (Å²) in [6.07, 6.45) is 0.0834. The number of rotatable bonds is 7. The van der Waals surface area contributed by atoms with E-state index in [-0.39, 0.29) is 31.0 Å². The standard InChI is InChI=1S/C15H20F2N2O3/c1-10(12-8-11(16)4-5-13(12)17)19(2)9-14(20)18-7-6-15(21)22-3/h4-5,8,10H,6-7,9H2,1-3H3,(H,18,20). The van der Waals surface area contributed by atoms with E-state index in [9.17, 15) is 18.4 Å². The molecule has 0 saturated heterocycles. The van der Waals surface area contributed by atoms with Gasteiger partial charge in [-0.25, -0.2) is 8.78 Å². The molecule has 5 nitrogen and oxygen atoms in total. The summed E-state index contributed by atoms with van der Waals surface area (Å²) in [4.78, 5) is 24.2. The van der Waals surface area contributed by atoms with E-state index in [1.54, 1.807) is 18.9 Å². The SMILES string of the molecule is COC(=O)CCNC(=O)CN(C)C(C)c1cc(F)ccc1F. The molecule has 0 aromatic heterocycles. The molecule has 1 rings (SSSR count). The van der Waals surface area contributed by atoms with Gasteiger partial charge in [0.25, 0.3) is 0 Å². The zero-order valence-corrected chi connectivity index (χ0v) is 12.9. The number of hydrogen-bond donors (Lipinski definition) is 1. The van der Waals surface area contributed by atoms with Crippen molar-refractivity contribution >= 4 is 11.9 Å². The number of benzene rings is 1. The van der Waals surface area contributed by atoms with E-state index >= 15 is 0 Å². The summed E-state index contributed by atoms with van der Waals surface area (Å²) in [6.45, 7) is 1.85. The molecule has 0 heterocycles. The average molecular weight is 314 g/mol. The van der Waals surface area contributed by atoms with Gasteiger partial charge in [-0.3, -0.25) is 14.5 Å². The summed E-state index contributed by atoms with van der Waals surface area (Å²) < 4.78 is 31.4. The molecule has 22 heavy (non-hydrogen) atoms. The Kier molecular flexibility index (Phi) is 6.91. The van der Waals surface area contributed by atoms with E-state index in [1.165, 1.54) is 7.11 Å². The lowest BCUT2D eigenvalue weighted by Gasteiger charge is -2.24. The molecular weight excluding hydrogens is 294 g/mol. The van der Waals surface area contributed by atoms with E-state index in [4.69, 9.17) is 0 Å². The fraction of sp³-hybridized carbons (Fsp3) is 0.467. The number of nitrogens with zero attached hydrogens (tertiary/aromatic N) is 1. The molecule has 0 radical (unpaired) electrons. The third-order valence-corrected chi connectivity index (χ3v) is 3.34. The summed E-state index contributed by atoms with van der Waals surface area (Å²) in [5.74, 6) is -1.77. The fourth-order valence-electron chi connectivity index (χ4n) is 1.90. The highest BCUT2D eigenvalue weighted by Gasteiger charge is 2.18. The van der Waals surface area contributed by atoms with Gasteiger partial charge in [-0.05, 0) is 32.2 Å². The van der Waals surface area contributed by atoms with E-state index in [0.29, 0.717) is 0 Å². The second kappa shape index (κ2) is 8.43. The van der Waals surface area contributed by atoms with Crippen molar-refractivity contribution in [3.63, 3.8) is 0 Å². The van der Waals surface area contributed by atoms with Crippen molar-refractivity contribution < 1.29 is 23.1 Å². The van der Waals surface area contributed by atoms with Crippen molar-refractivity contribution in [1.29, 1.82) is 0 Å². The van der Waals surface area contributed by atoms with Gasteiger partial charge < -0.3 is 10.1 Å². The monoisotopic (exact) mass is 314 g/mol. The number of amides is 1. The van der Waals surface area contributed by atoms with E-state index in [0.717, 1.165) is 18.2 Å². The third-order valence-electron chi connectivity index (χ3n) is 3.34. The zero-order chi connectivity index (χ0) is 16.7. The Morgan fingerprint density at radius 2 is 2.05 bits per heavy atom. The first kappa shape index (κ1) is 18.0. The first-order valence-corrected chi connectivity index (χ1v) is 6.83. The molecule has 0 aliphatic heterocycles. The minimum absolute atomic E-state index is 0.00169. The van der Waals surface area contributed by atoms with Crippen LogP contribution >= 0.6 is 0 Å². The second-order valence-electron chi connectivity index (χ2n) is 4.93. The molecule has 7 heteroatoms. The maximum absolute atomic E-state index is 13.7. The van der Waals surface area contributed by atoms with Crippen LogP contribution in [0.4, 0.5) is 8.78 Å². The molecule has 1 aromatic carbocycles. The lowest BCUT2D eigenvalue weighted by Crippen LogP contribution is -2.37. The Hall–Kier alpha value is -2.02. The quantitative estimate of drug-likeness (QED) is 0.777. The number of methoxy groups -OCH3 is 1. The number of carbonyl (C=O) groups is 2. The minimum atomic E-state index is -0.529. The number of ether oxygens (including phenoxy) is 1. The highest BCUT2D eigenvalue weighted by Crippen LogP contribution is 2.22. The number of likely N-dealkylation sites (N-methyl/N-ethyl adjacent to an activating group) is 1. The van der Waals surface area contributed by atoms with Gasteiger partial charge in [0.2, 0.25) is 5.91 Å². The van der Waals surface area contributed by atoms with Gasteiger partial charge in [0, 0.05) is 18.2 Å². The van der Waals surface area contributed by atoms with Gasteiger partial charge in [-0.2, -0.15) is 0 Å². The number of carbonyl (C=O) groups excluding carboxylic acids is 2. The van der Waals surface area contributed by atoms with Crippen LogP contribution in [0.15, 0.2) is 18.2 Å². The minimum Gasteiger partial charge on any atom is -0.469 e. The van der Waals surface area contributed by atoms with Crippen LogP contribution < -0.4 is 5.32 Å². The highest BCUT2D eigenvalue weighted by atomic mass is 19.1. The summed E-state index contributed by atoms with van der Waals surface area (Å²) in [7, 11) is 2.90. The molecule has 1 aromatic rings. The normalized spacial score (nSPS) is 12.1. The van der Waals surface area contributed by atoms with Gasteiger partial charge >= 0.3 is 5.97 Å². The molecule has 0 saturated carbocycles. The molecule has 0 fully saturated rings. The summed E-state index contributed by atoms with van der Waals surface area (Å²) in [5, 5.41) is 2.56. The summed E-state index contributed by atoms with van der Waals surface area (Å²) >= 11 is 0. The average Bonchev–Trinajstić information content (AvgIpc) is 2.48. The molecule has 0 bridgehead atoms. The predicted molar refractivity (Wildman–Crippen MR) is 77.0 cm³/mol. The summed E-state index contributed by atoms with van der Waals surface area (Å²) in [5.41, 5.74) is 0.185. The highest BCUT2D eigenvalue weighted by molar-refractivity contribution is 5.78. The molecule has 0 aliphatic rings. The zero-order valence-electron chi connectivity index (χ0n) is 12.9. The van der Waals surface area contributed by atoms with Crippen molar-refractivity contribution in [1.82, 2.24) is 10.2 Å². The van der Waals surface area contributed by atoms with Gasteiger partial charge in [-0.15, -0.1) is 0 Å². The predicted octanol–water partition coefficient (Wildman–Crippen LogP) is 1.64. The maximum Gasteiger partial charge on any atom is 0.307 e. The summed E-state index contributed by atoms with van der Waals surface area (Å²) in [6, 6.07) is 2.75. The Bertz CT molecular complexity index is 538. The van der Waals surface area contributed by atoms with Gasteiger partial charge in [-0.1, -0.05) is 0 Å². The van der Waals surface area contributed by atoms with Gasteiger partial charge in [0.1, 0.15) is 11.6 Å². The van der Waals surface area contributed by atoms with Crippen LogP contribution in [0, 0.1) is 11.6 Å². The maximum atomic E-state index is 13.7. The number of halogens is 2. The van der Waals surface area contributed by atoms with Crippen molar-refractivity contribution in [2.24, 2.45) is 0 Å². The Labute approximate surface area is 128 Å². The molecule has 1 N–H and O–H groups in total. The first-order chi connectivity index (χ1) is 10.3. The van der Waals surface area contributed by atoms with Crippen molar-refractivity contribution in [2.45, 2.75) is 19.4 Å². The Morgan fingerprint density at radius 3 is 2.68 bits per heavy atom. The topological polar surface area (TPSA) is 58.6 Å². The molecular formula is C15H20F2N2O3. The molecule has 0 aliphatic carbocycles. The van der Waals surface area contributed by atoms with Crippen LogP contribution in [-0.2, 0) is 14.3 Å². The molecule has 1 atom stereocenters. The van der Waals surface area contributed by atoms with Crippen molar-refractivity contribution in [2.75, 3.05) is 27.2 Å². The Balaban J connectivity index is 2.53. The molecule has 1 amide bonds. The van der Waals surface area contributed by atoms with Crippen LogP contribution in [-0.4, -0.2) is 44.0 Å². The molecule has 122 valence electrons. The van der Waals surface area contributed by atoms with Crippen LogP contribution in [0.2, 0.25) is 0 Å². The van der Waals surface area contributed by atoms with Crippen molar-refractivity contribution in [3.8, 4) is 0 Å². The van der Waals surface area contributed by atoms with Crippen LogP contribution in [0.3, 0.4) is 0 Å². The van der Waals surface area contributed by atoms with Crippen LogP contribution in [0.1, 0.15) is 24.9 Å². The lowest BCUT2D eigenvalue weighted by atomic mass is 10.1. The third kappa shape index (κ3) is 5.40. The van der Waals surface area contributed by atoms with Crippen LogP contribution in [0.25, 0.3) is 0 Å². The number of esters is 1. The molecule has 0 spiro atoms. The number of hydrogen-bond acceptors (Lipinski definition) is 4. The van der Waals surface area contributed by atoms with Crippen LogP contribution in [0.5, 0.6) is 0 Å². The Morgan fingerprint density at radius 1 is 1.36 bits per heavy atom. The van der Waals surface area contributed by atoms with E-state index in [1.807, 2.05) is 0 Å². The van der Waals surface area contributed by atoms with Crippen molar-refractivity contribution in [3.05, 3.63) is 35.4 Å². The van der Waals surface area contributed by atoms with E-state index in [2.05, 4.69) is 10.1 Å². The smallest absolute Gasteiger partial charge is 0.307 e. The lowest BCUT2D eigenvalue weighted by molar-refractivity contribution is -0.140. The fourth-order valence-corrected chi connectivity index (χ4v) is 1.90.